The van der Waals surface area contributed by atoms with Crippen LogP contribution in [0.3, 0.4) is 0 Å². The molecule has 0 spiro atoms. The fourth-order valence-electron chi connectivity index (χ4n) is 3.01. The number of pyridine rings is 1. The summed E-state index contributed by atoms with van der Waals surface area (Å²) in [4.78, 5) is 30.8. The van der Waals surface area contributed by atoms with E-state index in [2.05, 4.69) is 26.2 Å². The third-order valence-electron chi connectivity index (χ3n) is 4.50. The number of nitrogens with one attached hydrogen (secondary N) is 1. The van der Waals surface area contributed by atoms with Gasteiger partial charge in [0.05, 0.1) is 10.6 Å². The van der Waals surface area contributed by atoms with Gasteiger partial charge in [-0.15, -0.1) is 0 Å². The maximum absolute atomic E-state index is 12.7. The first-order valence-corrected chi connectivity index (χ1v) is 9.62. The van der Waals surface area contributed by atoms with Gasteiger partial charge in [-0.3, -0.25) is 14.6 Å². The molecule has 1 aromatic heterocycles. The third-order valence-corrected chi connectivity index (χ3v) is 5.32. The zero-order valence-corrected chi connectivity index (χ0v) is 16.5. The summed E-state index contributed by atoms with van der Waals surface area (Å²) >= 11 is 9.52. The van der Waals surface area contributed by atoms with E-state index >= 15 is 0 Å². The van der Waals surface area contributed by atoms with Gasteiger partial charge in [0.25, 0.3) is 5.91 Å². The first-order chi connectivity index (χ1) is 12.5. The predicted molar refractivity (Wildman–Crippen MR) is 104 cm³/mol. The fraction of sp³-hybridized carbons (Fsp3) is 0.316. The Morgan fingerprint density at radius 2 is 2.04 bits per heavy atom. The Morgan fingerprint density at radius 3 is 2.73 bits per heavy atom. The molecule has 0 atom stereocenters. The first kappa shape index (κ1) is 18.9. The van der Waals surface area contributed by atoms with Crippen molar-refractivity contribution in [1.82, 2.24) is 15.2 Å². The molecule has 5 nitrogen and oxygen atoms in total. The van der Waals surface area contributed by atoms with Gasteiger partial charge >= 0.3 is 0 Å². The highest BCUT2D eigenvalue weighted by atomic mass is 79.9. The van der Waals surface area contributed by atoms with E-state index < -0.39 is 0 Å². The SMILES string of the molecule is O=C(NCc1cccnc1)C1CCN(C(=O)c2cc(Br)ccc2Cl)CC1. The van der Waals surface area contributed by atoms with Crippen LogP contribution in [0.4, 0.5) is 0 Å². The molecule has 0 unspecified atom stereocenters. The van der Waals surface area contributed by atoms with Crippen LogP contribution in [-0.2, 0) is 11.3 Å². The van der Waals surface area contributed by atoms with Gasteiger partial charge in [-0.05, 0) is 42.7 Å². The molecule has 1 N–H and O–H groups in total. The number of hydrogen-bond donors (Lipinski definition) is 1. The third kappa shape index (κ3) is 4.62. The minimum Gasteiger partial charge on any atom is -0.352 e. The largest absolute Gasteiger partial charge is 0.352 e. The Bertz CT molecular complexity index is 793. The Hall–Kier alpha value is -1.92. The van der Waals surface area contributed by atoms with Crippen LogP contribution in [0.5, 0.6) is 0 Å². The number of benzene rings is 1. The molecule has 0 saturated carbocycles. The van der Waals surface area contributed by atoms with Crippen LogP contribution < -0.4 is 5.32 Å². The molecular formula is C19H19BrClN3O2. The Kier molecular flexibility index (Phi) is 6.27. The van der Waals surface area contributed by atoms with E-state index in [0.717, 1.165) is 10.0 Å². The second-order valence-corrected chi connectivity index (χ2v) is 7.59. The lowest BCUT2D eigenvalue weighted by atomic mass is 9.95. The molecule has 26 heavy (non-hydrogen) atoms. The zero-order chi connectivity index (χ0) is 18.5. The summed E-state index contributed by atoms with van der Waals surface area (Å²) in [5.41, 5.74) is 1.46. The van der Waals surface area contributed by atoms with Crippen molar-refractivity contribution in [3.8, 4) is 0 Å². The molecule has 1 aromatic carbocycles. The fourth-order valence-corrected chi connectivity index (χ4v) is 3.57. The number of rotatable bonds is 4. The van der Waals surface area contributed by atoms with Gasteiger partial charge in [0.2, 0.25) is 5.91 Å². The van der Waals surface area contributed by atoms with Gasteiger partial charge in [0.15, 0.2) is 0 Å². The second kappa shape index (κ2) is 8.64. The molecule has 1 aliphatic heterocycles. The van der Waals surface area contributed by atoms with Gasteiger partial charge in [-0.1, -0.05) is 33.6 Å². The van der Waals surface area contributed by atoms with Crippen molar-refractivity contribution in [3.63, 3.8) is 0 Å². The first-order valence-electron chi connectivity index (χ1n) is 8.45. The molecule has 0 bridgehead atoms. The average Bonchev–Trinajstić information content (AvgIpc) is 2.68. The molecule has 3 rings (SSSR count). The average molecular weight is 437 g/mol. The maximum atomic E-state index is 12.7. The Balaban J connectivity index is 1.53. The number of amides is 2. The van der Waals surface area contributed by atoms with Crippen molar-refractivity contribution in [2.45, 2.75) is 19.4 Å². The standard InChI is InChI=1S/C19H19BrClN3O2/c20-15-3-4-17(21)16(10-15)19(26)24-8-5-14(6-9-24)18(25)23-12-13-2-1-7-22-11-13/h1-4,7,10-11,14H,5-6,8-9,12H2,(H,23,25). The molecule has 2 heterocycles. The van der Waals surface area contributed by atoms with Crippen molar-refractivity contribution in [2.75, 3.05) is 13.1 Å². The number of carbonyl (C=O) groups excluding carboxylic acids is 2. The topological polar surface area (TPSA) is 62.3 Å². The molecule has 1 saturated heterocycles. The van der Waals surface area contributed by atoms with Crippen LogP contribution in [0.1, 0.15) is 28.8 Å². The normalized spacial score (nSPS) is 14.9. The van der Waals surface area contributed by atoms with Crippen LogP contribution in [0, 0.1) is 5.92 Å². The van der Waals surface area contributed by atoms with Gasteiger partial charge in [0, 0.05) is 42.4 Å². The minimum atomic E-state index is -0.0921. The summed E-state index contributed by atoms with van der Waals surface area (Å²) in [6, 6.07) is 9.02. The molecule has 7 heteroatoms. The summed E-state index contributed by atoms with van der Waals surface area (Å²) in [6.07, 6.45) is 4.74. The molecule has 136 valence electrons. The summed E-state index contributed by atoms with van der Waals surface area (Å²) in [6.45, 7) is 1.57. The molecule has 1 fully saturated rings. The highest BCUT2D eigenvalue weighted by Gasteiger charge is 2.28. The number of nitrogens with zero attached hydrogens (tertiary/aromatic N) is 2. The van der Waals surface area contributed by atoms with Gasteiger partial charge in [-0.2, -0.15) is 0 Å². The highest BCUT2D eigenvalue weighted by molar-refractivity contribution is 9.10. The number of aromatic nitrogens is 1. The summed E-state index contributed by atoms with van der Waals surface area (Å²) in [7, 11) is 0. The zero-order valence-electron chi connectivity index (χ0n) is 14.1. The second-order valence-electron chi connectivity index (χ2n) is 6.27. The van der Waals surface area contributed by atoms with Crippen molar-refractivity contribution in [1.29, 1.82) is 0 Å². The van der Waals surface area contributed by atoms with E-state index in [9.17, 15) is 9.59 Å². The molecule has 0 aliphatic carbocycles. The molecule has 0 radical (unpaired) electrons. The quantitative estimate of drug-likeness (QED) is 0.795. The van der Waals surface area contributed by atoms with Crippen LogP contribution in [-0.4, -0.2) is 34.8 Å². The maximum Gasteiger partial charge on any atom is 0.255 e. The van der Waals surface area contributed by atoms with Crippen molar-refractivity contribution < 1.29 is 9.59 Å². The van der Waals surface area contributed by atoms with Crippen LogP contribution in [0.25, 0.3) is 0 Å². The van der Waals surface area contributed by atoms with Crippen molar-refractivity contribution >= 4 is 39.3 Å². The lowest BCUT2D eigenvalue weighted by Gasteiger charge is -2.31. The van der Waals surface area contributed by atoms with E-state index in [1.165, 1.54) is 0 Å². The molecule has 2 aromatic rings. The van der Waals surface area contributed by atoms with E-state index in [4.69, 9.17) is 11.6 Å². The number of hydrogen-bond acceptors (Lipinski definition) is 3. The van der Waals surface area contributed by atoms with E-state index in [1.807, 2.05) is 12.1 Å². The highest BCUT2D eigenvalue weighted by Crippen LogP contribution is 2.25. The molecule has 2 amide bonds. The van der Waals surface area contributed by atoms with Crippen molar-refractivity contribution in [2.24, 2.45) is 5.92 Å². The van der Waals surface area contributed by atoms with Crippen LogP contribution in [0.15, 0.2) is 47.2 Å². The van der Waals surface area contributed by atoms with E-state index in [0.29, 0.717) is 43.1 Å². The summed E-state index contributed by atoms with van der Waals surface area (Å²) < 4.78 is 0.815. The predicted octanol–water partition coefficient (Wildman–Crippen LogP) is 3.67. The summed E-state index contributed by atoms with van der Waals surface area (Å²) in [5, 5.41) is 3.39. The number of carbonyl (C=O) groups is 2. The van der Waals surface area contributed by atoms with Crippen LogP contribution >= 0.6 is 27.5 Å². The molecule has 1 aliphatic rings. The van der Waals surface area contributed by atoms with Gasteiger partial charge < -0.3 is 10.2 Å². The Morgan fingerprint density at radius 1 is 1.27 bits per heavy atom. The minimum absolute atomic E-state index is 0.0291. The number of likely N-dealkylation sites (tertiary alicyclic amines) is 1. The number of piperidine rings is 1. The summed E-state index contributed by atoms with van der Waals surface area (Å²) in [5.74, 6) is -0.138. The lowest BCUT2D eigenvalue weighted by molar-refractivity contribution is -0.126. The smallest absolute Gasteiger partial charge is 0.255 e. The van der Waals surface area contributed by atoms with Crippen LogP contribution in [0.2, 0.25) is 5.02 Å². The van der Waals surface area contributed by atoms with E-state index in [-0.39, 0.29) is 17.7 Å². The monoisotopic (exact) mass is 435 g/mol. The number of halogens is 2. The van der Waals surface area contributed by atoms with E-state index in [1.54, 1.807) is 35.5 Å². The van der Waals surface area contributed by atoms with Crippen molar-refractivity contribution in [3.05, 3.63) is 63.3 Å². The van der Waals surface area contributed by atoms with Gasteiger partial charge in [0.1, 0.15) is 0 Å². The van der Waals surface area contributed by atoms with Gasteiger partial charge in [-0.25, -0.2) is 0 Å². The lowest BCUT2D eigenvalue weighted by Crippen LogP contribution is -2.43. The molecular weight excluding hydrogens is 418 g/mol. The Labute approximate surface area is 165 Å².